The van der Waals surface area contributed by atoms with Gasteiger partial charge in [-0.1, -0.05) is 30.3 Å². The molecule has 4 rings (SSSR count). The van der Waals surface area contributed by atoms with Gasteiger partial charge in [-0.05, 0) is 50.5 Å². The van der Waals surface area contributed by atoms with Crippen LogP contribution in [0.25, 0.3) is 21.8 Å². The summed E-state index contributed by atoms with van der Waals surface area (Å²) in [7, 11) is 3.89. The molecule has 0 saturated heterocycles. The van der Waals surface area contributed by atoms with E-state index in [0.29, 0.717) is 71.4 Å². The summed E-state index contributed by atoms with van der Waals surface area (Å²) in [6.07, 6.45) is -0.653. The number of hydrogen-bond donors (Lipinski definition) is 2. The largest absolute Gasteiger partial charge is 0.417 e. The van der Waals surface area contributed by atoms with Gasteiger partial charge in [-0.3, -0.25) is 10.1 Å². The van der Waals surface area contributed by atoms with E-state index in [1.54, 1.807) is 24.3 Å². The fourth-order valence-electron chi connectivity index (χ4n) is 4.25. The number of para-hydroxylation sites is 2. The van der Waals surface area contributed by atoms with Crippen LogP contribution in [-0.4, -0.2) is 73.9 Å². The summed E-state index contributed by atoms with van der Waals surface area (Å²) < 4.78 is 5.60. The summed E-state index contributed by atoms with van der Waals surface area (Å²) >= 11 is 11.8. The average molecular weight is 569 g/mol. The predicted molar refractivity (Wildman–Crippen MR) is 160 cm³/mol. The molecule has 10 heteroatoms. The van der Waals surface area contributed by atoms with Crippen LogP contribution in [0, 0.1) is 0 Å². The number of aromatic nitrogens is 1. The molecule has 0 bridgehead atoms. The van der Waals surface area contributed by atoms with Crippen molar-refractivity contribution in [3.63, 3.8) is 0 Å². The number of benzene rings is 3. The number of nitrogens with one attached hydrogen (secondary N) is 2. The van der Waals surface area contributed by atoms with Crippen molar-refractivity contribution in [3.8, 4) is 5.75 Å². The van der Waals surface area contributed by atoms with Crippen LogP contribution in [0.4, 0.5) is 16.2 Å². The molecule has 1 heterocycles. The Kier molecular flexibility index (Phi) is 9.81. The van der Waals surface area contributed by atoms with Gasteiger partial charge in [-0.25, -0.2) is 9.78 Å². The molecule has 8 nitrogen and oxygen atoms in total. The van der Waals surface area contributed by atoms with E-state index >= 15 is 0 Å². The van der Waals surface area contributed by atoms with Crippen molar-refractivity contribution in [1.29, 1.82) is 0 Å². The van der Waals surface area contributed by atoms with Gasteiger partial charge in [-0.2, -0.15) is 0 Å². The molecule has 204 valence electrons. The van der Waals surface area contributed by atoms with E-state index in [0.717, 1.165) is 11.1 Å². The smallest absolute Gasteiger partial charge is 0.410 e. The highest BCUT2D eigenvalue weighted by atomic mass is 35.5. The summed E-state index contributed by atoms with van der Waals surface area (Å²) in [5, 5.41) is 7.21. The number of ether oxygens (including phenoxy) is 1. The number of fused-ring (bicyclic) bond motifs is 2. The zero-order valence-corrected chi connectivity index (χ0v) is 23.4. The Bertz CT molecular complexity index is 1440. The highest BCUT2D eigenvalue weighted by Crippen LogP contribution is 2.32. The Morgan fingerprint density at radius 2 is 1.56 bits per heavy atom. The van der Waals surface area contributed by atoms with Gasteiger partial charge >= 0.3 is 6.09 Å². The molecule has 0 aliphatic carbocycles. The van der Waals surface area contributed by atoms with Gasteiger partial charge in [0.1, 0.15) is 5.75 Å². The molecule has 1 aromatic heterocycles. The number of nitrogens with zero attached hydrogens (tertiary/aromatic N) is 3. The van der Waals surface area contributed by atoms with Crippen LogP contribution in [-0.2, 0) is 0 Å². The fraction of sp³-hybridized carbons (Fsp3) is 0.276. The third-order valence-electron chi connectivity index (χ3n) is 6.15. The molecule has 0 aliphatic rings. The standard InChI is InChI=1S/C29H31Cl2N5O3/c1-35(2)19-16-32-28(37)24-8-5-7-23-26(22-6-3-4-9-25(22)33-27(23)24)34-29(38)39-21-12-10-20(11-13-21)36(17-14-30)18-15-31/h3-13H,14-19H2,1-2H3,(H,32,37)(H,33,34,38). The number of rotatable bonds is 11. The Morgan fingerprint density at radius 1 is 0.872 bits per heavy atom. The maximum atomic E-state index is 13.0. The summed E-state index contributed by atoms with van der Waals surface area (Å²) in [6, 6.07) is 20.0. The van der Waals surface area contributed by atoms with Crippen molar-refractivity contribution in [2.24, 2.45) is 0 Å². The van der Waals surface area contributed by atoms with Crippen molar-refractivity contribution < 1.29 is 14.3 Å². The van der Waals surface area contributed by atoms with Crippen molar-refractivity contribution in [2.75, 3.05) is 62.3 Å². The third-order valence-corrected chi connectivity index (χ3v) is 6.49. The molecule has 0 radical (unpaired) electrons. The van der Waals surface area contributed by atoms with Crippen LogP contribution in [0.2, 0.25) is 0 Å². The van der Waals surface area contributed by atoms with Gasteiger partial charge < -0.3 is 19.9 Å². The molecule has 3 aromatic carbocycles. The first-order valence-electron chi connectivity index (χ1n) is 12.6. The second kappa shape index (κ2) is 13.5. The lowest BCUT2D eigenvalue weighted by Crippen LogP contribution is -2.31. The number of amides is 2. The quantitative estimate of drug-likeness (QED) is 0.182. The van der Waals surface area contributed by atoms with Gasteiger partial charge in [0.25, 0.3) is 5.91 Å². The van der Waals surface area contributed by atoms with Gasteiger partial charge in [0.15, 0.2) is 0 Å². The van der Waals surface area contributed by atoms with E-state index in [2.05, 4.69) is 15.5 Å². The first-order valence-corrected chi connectivity index (χ1v) is 13.7. The van der Waals surface area contributed by atoms with E-state index in [1.165, 1.54) is 0 Å². The van der Waals surface area contributed by atoms with Crippen LogP contribution in [0.15, 0.2) is 66.7 Å². The van der Waals surface area contributed by atoms with Gasteiger partial charge in [0, 0.05) is 54.4 Å². The maximum Gasteiger partial charge on any atom is 0.417 e. The average Bonchev–Trinajstić information content (AvgIpc) is 2.92. The number of anilines is 2. The van der Waals surface area contributed by atoms with E-state index in [1.807, 2.05) is 61.5 Å². The molecule has 4 aromatic rings. The van der Waals surface area contributed by atoms with E-state index in [-0.39, 0.29) is 5.91 Å². The molecule has 0 unspecified atom stereocenters. The zero-order valence-electron chi connectivity index (χ0n) is 21.9. The van der Waals surface area contributed by atoms with Crippen molar-refractivity contribution in [2.45, 2.75) is 0 Å². The molecule has 0 aliphatic heterocycles. The van der Waals surface area contributed by atoms with Gasteiger partial charge in [0.05, 0.1) is 22.3 Å². The van der Waals surface area contributed by atoms with E-state index < -0.39 is 6.09 Å². The Labute approximate surface area is 237 Å². The van der Waals surface area contributed by atoms with Gasteiger partial charge in [0.2, 0.25) is 0 Å². The number of alkyl halides is 2. The summed E-state index contributed by atoms with van der Waals surface area (Å²) in [5.41, 5.74) is 3.04. The number of carbonyl (C=O) groups is 2. The zero-order chi connectivity index (χ0) is 27.8. The van der Waals surface area contributed by atoms with Crippen LogP contribution in [0.3, 0.4) is 0 Å². The molecule has 0 spiro atoms. The Balaban J connectivity index is 1.60. The maximum absolute atomic E-state index is 13.0. The summed E-state index contributed by atoms with van der Waals surface area (Å²) in [4.78, 5) is 34.9. The second-order valence-electron chi connectivity index (χ2n) is 9.14. The molecular weight excluding hydrogens is 537 g/mol. The normalized spacial score (nSPS) is 11.1. The third kappa shape index (κ3) is 7.09. The number of carbonyl (C=O) groups excluding carboxylic acids is 2. The lowest BCUT2D eigenvalue weighted by atomic mass is 10.0. The minimum absolute atomic E-state index is 0.226. The molecule has 0 atom stereocenters. The molecule has 2 amide bonds. The van der Waals surface area contributed by atoms with Crippen LogP contribution in [0.5, 0.6) is 5.75 Å². The van der Waals surface area contributed by atoms with Crippen molar-refractivity contribution in [3.05, 3.63) is 72.3 Å². The van der Waals surface area contributed by atoms with Crippen molar-refractivity contribution >= 4 is 68.4 Å². The fourth-order valence-corrected chi connectivity index (χ4v) is 4.66. The first-order chi connectivity index (χ1) is 18.9. The number of pyridine rings is 1. The monoisotopic (exact) mass is 567 g/mol. The molecule has 39 heavy (non-hydrogen) atoms. The van der Waals surface area contributed by atoms with Crippen LogP contribution in [0.1, 0.15) is 10.4 Å². The first kappa shape index (κ1) is 28.4. The molecule has 2 N–H and O–H groups in total. The highest BCUT2D eigenvalue weighted by molar-refractivity contribution is 6.19. The molecular formula is C29H31Cl2N5O3. The van der Waals surface area contributed by atoms with E-state index in [4.69, 9.17) is 32.9 Å². The lowest BCUT2D eigenvalue weighted by Gasteiger charge is -2.22. The lowest BCUT2D eigenvalue weighted by molar-refractivity contribution is 0.0952. The minimum Gasteiger partial charge on any atom is -0.410 e. The summed E-state index contributed by atoms with van der Waals surface area (Å²) in [6.45, 7) is 2.53. The van der Waals surface area contributed by atoms with Gasteiger partial charge in [-0.15, -0.1) is 23.2 Å². The number of hydrogen-bond acceptors (Lipinski definition) is 6. The van der Waals surface area contributed by atoms with Crippen molar-refractivity contribution in [1.82, 2.24) is 15.2 Å². The Hall–Kier alpha value is -3.59. The second-order valence-corrected chi connectivity index (χ2v) is 9.89. The number of likely N-dealkylation sites (N-methyl/N-ethyl adjacent to an activating group) is 1. The number of halogens is 2. The Morgan fingerprint density at radius 3 is 2.26 bits per heavy atom. The predicted octanol–water partition coefficient (Wildman–Crippen LogP) is 5.57. The molecule has 0 saturated carbocycles. The molecule has 0 fully saturated rings. The highest BCUT2D eigenvalue weighted by Gasteiger charge is 2.18. The minimum atomic E-state index is -0.653. The topological polar surface area (TPSA) is 86.8 Å². The van der Waals surface area contributed by atoms with E-state index in [9.17, 15) is 9.59 Å². The SMILES string of the molecule is CN(C)CCNC(=O)c1cccc2c(NC(=O)Oc3ccc(N(CCCl)CCCl)cc3)c3ccccc3nc12. The van der Waals surface area contributed by atoms with Crippen LogP contribution < -0.4 is 20.3 Å². The summed E-state index contributed by atoms with van der Waals surface area (Å²) in [5.74, 6) is 1.11. The van der Waals surface area contributed by atoms with Crippen LogP contribution >= 0.6 is 23.2 Å².